The lowest BCUT2D eigenvalue weighted by molar-refractivity contribution is 0.0507. The minimum absolute atomic E-state index is 0.136. The van der Waals surface area contributed by atoms with Crippen molar-refractivity contribution in [3.05, 3.63) is 71.5 Å². The topological polar surface area (TPSA) is 77.5 Å². The number of methoxy groups -OCH3 is 1. The number of ketones is 1. The van der Waals surface area contributed by atoms with Crippen molar-refractivity contribution in [2.75, 3.05) is 7.11 Å². The van der Waals surface area contributed by atoms with Crippen LogP contribution in [-0.4, -0.2) is 29.6 Å². The molecule has 0 radical (unpaired) electrons. The quantitative estimate of drug-likeness (QED) is 0.599. The fraction of sp³-hybridized carbons (Fsp3) is 0.292. The SMILES string of the molecule is COc1cc(C(C)NC(=O)OC(C)(C)C)ccc1C(=O)c1cccc2cnccc12. The number of benzene rings is 2. The van der Waals surface area contributed by atoms with Gasteiger partial charge in [0.15, 0.2) is 5.78 Å². The van der Waals surface area contributed by atoms with Gasteiger partial charge in [0.2, 0.25) is 0 Å². The van der Waals surface area contributed by atoms with Crippen molar-refractivity contribution in [1.29, 1.82) is 0 Å². The van der Waals surface area contributed by atoms with Gasteiger partial charge in [-0.2, -0.15) is 0 Å². The van der Waals surface area contributed by atoms with Crippen LogP contribution in [0.25, 0.3) is 10.8 Å². The van der Waals surface area contributed by atoms with Crippen LogP contribution in [0.2, 0.25) is 0 Å². The van der Waals surface area contributed by atoms with E-state index >= 15 is 0 Å². The molecule has 0 aliphatic carbocycles. The minimum atomic E-state index is -0.578. The minimum Gasteiger partial charge on any atom is -0.496 e. The van der Waals surface area contributed by atoms with Gasteiger partial charge in [-0.3, -0.25) is 9.78 Å². The van der Waals surface area contributed by atoms with E-state index in [1.165, 1.54) is 7.11 Å². The van der Waals surface area contributed by atoms with E-state index in [-0.39, 0.29) is 11.8 Å². The number of hydrogen-bond acceptors (Lipinski definition) is 5. The molecule has 0 fully saturated rings. The molecule has 1 unspecified atom stereocenters. The summed E-state index contributed by atoms with van der Waals surface area (Å²) < 4.78 is 10.8. The second-order valence-corrected chi connectivity index (χ2v) is 8.06. The summed E-state index contributed by atoms with van der Waals surface area (Å²) in [6, 6.07) is 12.4. The van der Waals surface area contributed by atoms with Crippen LogP contribution in [0, 0.1) is 0 Å². The van der Waals surface area contributed by atoms with Crippen LogP contribution < -0.4 is 10.1 Å². The van der Waals surface area contributed by atoms with Gasteiger partial charge in [-0.05, 0) is 56.8 Å². The maximum atomic E-state index is 13.3. The lowest BCUT2D eigenvalue weighted by atomic mass is 9.96. The highest BCUT2D eigenvalue weighted by molar-refractivity contribution is 6.17. The number of amides is 1. The Balaban J connectivity index is 1.88. The Kier molecular flexibility index (Phi) is 6.06. The Morgan fingerprint density at radius 2 is 1.83 bits per heavy atom. The van der Waals surface area contributed by atoms with Crippen molar-refractivity contribution >= 4 is 22.6 Å². The zero-order valence-corrected chi connectivity index (χ0v) is 17.9. The number of aromatic nitrogens is 1. The van der Waals surface area contributed by atoms with Gasteiger partial charge in [0.1, 0.15) is 11.4 Å². The Bertz CT molecular complexity index is 1080. The summed E-state index contributed by atoms with van der Waals surface area (Å²) >= 11 is 0. The fourth-order valence-corrected chi connectivity index (χ4v) is 3.20. The van der Waals surface area contributed by atoms with E-state index in [1.807, 2.05) is 52.0 Å². The molecule has 6 nitrogen and oxygen atoms in total. The molecule has 0 saturated carbocycles. The first-order valence-corrected chi connectivity index (χ1v) is 9.74. The second kappa shape index (κ2) is 8.53. The molecule has 1 N–H and O–H groups in total. The summed E-state index contributed by atoms with van der Waals surface area (Å²) in [4.78, 5) is 29.4. The smallest absolute Gasteiger partial charge is 0.408 e. The molecule has 1 amide bonds. The van der Waals surface area contributed by atoms with Gasteiger partial charge in [0, 0.05) is 23.3 Å². The van der Waals surface area contributed by atoms with Gasteiger partial charge in [0.25, 0.3) is 0 Å². The molecule has 3 aromatic rings. The number of nitrogens with zero attached hydrogens (tertiary/aromatic N) is 1. The number of carbonyl (C=O) groups excluding carboxylic acids is 2. The number of carbonyl (C=O) groups is 2. The third kappa shape index (κ3) is 4.76. The molecule has 0 saturated heterocycles. The van der Waals surface area contributed by atoms with Crippen LogP contribution in [0.4, 0.5) is 4.79 Å². The van der Waals surface area contributed by atoms with Crippen molar-refractivity contribution in [3.63, 3.8) is 0 Å². The summed E-state index contributed by atoms with van der Waals surface area (Å²) in [6.45, 7) is 7.27. The third-order valence-corrected chi connectivity index (χ3v) is 4.63. The average Bonchev–Trinajstić information content (AvgIpc) is 2.70. The predicted octanol–water partition coefficient (Wildman–Crippen LogP) is 5.06. The van der Waals surface area contributed by atoms with Crippen molar-refractivity contribution in [2.24, 2.45) is 0 Å². The highest BCUT2D eigenvalue weighted by Gasteiger charge is 2.21. The summed E-state index contributed by atoms with van der Waals surface area (Å²) in [7, 11) is 1.52. The highest BCUT2D eigenvalue weighted by Crippen LogP contribution is 2.28. The van der Waals surface area contributed by atoms with E-state index in [1.54, 1.807) is 30.6 Å². The van der Waals surface area contributed by atoms with Crippen LogP contribution in [0.3, 0.4) is 0 Å². The van der Waals surface area contributed by atoms with E-state index in [4.69, 9.17) is 9.47 Å². The third-order valence-electron chi connectivity index (χ3n) is 4.63. The number of pyridine rings is 1. The maximum Gasteiger partial charge on any atom is 0.408 e. The van der Waals surface area contributed by atoms with E-state index in [0.29, 0.717) is 16.9 Å². The zero-order chi connectivity index (χ0) is 21.9. The molecule has 1 atom stereocenters. The first-order chi connectivity index (χ1) is 14.2. The summed E-state index contributed by atoms with van der Waals surface area (Å²) in [5, 5.41) is 4.53. The van der Waals surface area contributed by atoms with Crippen LogP contribution in [0.15, 0.2) is 54.9 Å². The normalized spacial score (nSPS) is 12.3. The van der Waals surface area contributed by atoms with Gasteiger partial charge in [-0.15, -0.1) is 0 Å². The highest BCUT2D eigenvalue weighted by atomic mass is 16.6. The summed E-state index contributed by atoms with van der Waals surface area (Å²) in [6.07, 6.45) is 2.90. The van der Waals surface area contributed by atoms with E-state index in [0.717, 1.165) is 16.3 Å². The molecule has 3 rings (SSSR count). The standard InChI is InChI=1S/C24H26N2O4/c1-15(26-23(28)30-24(2,3)4)16-9-10-20(21(13-16)29-5)22(27)19-8-6-7-17-14-25-12-11-18(17)19/h6-15H,1-5H3,(H,26,28). The lowest BCUT2D eigenvalue weighted by Crippen LogP contribution is -2.34. The Hall–Kier alpha value is -3.41. The van der Waals surface area contributed by atoms with Gasteiger partial charge in [-0.1, -0.05) is 24.3 Å². The van der Waals surface area contributed by atoms with E-state index < -0.39 is 11.7 Å². The Morgan fingerprint density at radius 3 is 2.53 bits per heavy atom. The molecule has 2 aromatic carbocycles. The first kappa shape index (κ1) is 21.3. The van der Waals surface area contributed by atoms with Crippen molar-refractivity contribution in [2.45, 2.75) is 39.3 Å². The Labute approximate surface area is 176 Å². The molecule has 0 spiro atoms. The van der Waals surface area contributed by atoms with Gasteiger partial charge in [0.05, 0.1) is 18.7 Å². The van der Waals surface area contributed by atoms with Crippen LogP contribution in [-0.2, 0) is 4.74 Å². The predicted molar refractivity (Wildman–Crippen MR) is 116 cm³/mol. The molecule has 6 heteroatoms. The van der Waals surface area contributed by atoms with Crippen LogP contribution in [0.5, 0.6) is 5.75 Å². The van der Waals surface area contributed by atoms with Crippen molar-refractivity contribution < 1.29 is 19.1 Å². The van der Waals surface area contributed by atoms with Crippen molar-refractivity contribution in [1.82, 2.24) is 10.3 Å². The molecule has 156 valence electrons. The molecule has 0 bridgehead atoms. The molecule has 0 aliphatic rings. The second-order valence-electron chi connectivity index (χ2n) is 8.06. The Morgan fingerprint density at radius 1 is 1.07 bits per heavy atom. The van der Waals surface area contributed by atoms with Crippen molar-refractivity contribution in [3.8, 4) is 5.75 Å². The van der Waals surface area contributed by atoms with Crippen LogP contribution >= 0.6 is 0 Å². The van der Waals surface area contributed by atoms with E-state index in [9.17, 15) is 9.59 Å². The molecule has 30 heavy (non-hydrogen) atoms. The molecule has 1 aromatic heterocycles. The monoisotopic (exact) mass is 406 g/mol. The van der Waals surface area contributed by atoms with Gasteiger partial charge >= 0.3 is 6.09 Å². The number of fused-ring (bicyclic) bond motifs is 1. The number of nitrogens with one attached hydrogen (secondary N) is 1. The first-order valence-electron chi connectivity index (χ1n) is 9.74. The van der Waals surface area contributed by atoms with E-state index in [2.05, 4.69) is 10.3 Å². The number of ether oxygens (including phenoxy) is 2. The zero-order valence-electron chi connectivity index (χ0n) is 17.9. The maximum absolute atomic E-state index is 13.3. The lowest BCUT2D eigenvalue weighted by Gasteiger charge is -2.22. The van der Waals surface area contributed by atoms with Gasteiger partial charge < -0.3 is 14.8 Å². The number of rotatable bonds is 5. The fourth-order valence-electron chi connectivity index (χ4n) is 3.20. The van der Waals surface area contributed by atoms with Crippen LogP contribution in [0.1, 0.15) is 55.2 Å². The molecule has 1 heterocycles. The molecular formula is C24H26N2O4. The molecule has 0 aliphatic heterocycles. The van der Waals surface area contributed by atoms with Gasteiger partial charge in [-0.25, -0.2) is 4.79 Å². The number of hydrogen-bond donors (Lipinski definition) is 1. The molecular weight excluding hydrogens is 380 g/mol. The largest absolute Gasteiger partial charge is 0.496 e. The summed E-state index contributed by atoms with van der Waals surface area (Å²) in [5.41, 5.74) is 1.26. The average molecular weight is 406 g/mol. The number of alkyl carbamates (subject to hydrolysis) is 1. The summed E-state index contributed by atoms with van der Waals surface area (Å²) in [5.74, 6) is 0.310.